The first-order chi connectivity index (χ1) is 6.81. The Hall–Kier alpha value is -1.18. The van der Waals surface area contributed by atoms with E-state index in [1.54, 1.807) is 0 Å². The first-order valence-electron chi connectivity index (χ1n) is 5.34. The molecule has 2 nitrogen and oxygen atoms in total. The number of rotatable bonds is 2. The summed E-state index contributed by atoms with van der Waals surface area (Å²) in [5.41, 5.74) is 3.98. The number of nitrogens with one attached hydrogen (secondary N) is 1. The average molecular weight is 190 g/mol. The fourth-order valence-electron chi connectivity index (χ4n) is 2.06. The van der Waals surface area contributed by atoms with Crippen molar-refractivity contribution in [2.24, 2.45) is 0 Å². The van der Waals surface area contributed by atoms with E-state index in [2.05, 4.69) is 35.3 Å². The Morgan fingerprint density at radius 3 is 2.57 bits per heavy atom. The molecule has 1 N–H and O–H groups in total. The second-order valence-electron chi connectivity index (χ2n) is 3.95. The van der Waals surface area contributed by atoms with Crippen LogP contribution in [0.5, 0.6) is 0 Å². The highest BCUT2D eigenvalue weighted by atomic mass is 15.1. The lowest BCUT2D eigenvalue weighted by Gasteiger charge is -2.20. The van der Waals surface area contributed by atoms with Crippen LogP contribution in [0.15, 0.2) is 18.2 Å². The molecule has 0 bridgehead atoms. The highest BCUT2D eigenvalue weighted by molar-refractivity contribution is 5.62. The van der Waals surface area contributed by atoms with Gasteiger partial charge in [0.15, 0.2) is 0 Å². The Morgan fingerprint density at radius 2 is 1.93 bits per heavy atom. The molecule has 1 fully saturated rings. The van der Waals surface area contributed by atoms with E-state index in [0.717, 1.165) is 0 Å². The lowest BCUT2D eigenvalue weighted by Crippen LogP contribution is -2.18. The topological polar surface area (TPSA) is 15.3 Å². The Balaban J connectivity index is 2.29. The molecule has 0 saturated carbocycles. The SMILES string of the molecule is CNc1ccc(C)c(N2CCCC2)c1. The third-order valence-electron chi connectivity index (χ3n) is 2.94. The Bertz CT molecular complexity index is 314. The van der Waals surface area contributed by atoms with Crippen molar-refractivity contribution in [3.63, 3.8) is 0 Å². The second kappa shape index (κ2) is 3.91. The van der Waals surface area contributed by atoms with E-state index in [1.807, 2.05) is 7.05 Å². The van der Waals surface area contributed by atoms with Crippen LogP contribution in [-0.4, -0.2) is 20.1 Å². The number of hydrogen-bond acceptors (Lipinski definition) is 2. The molecule has 1 aliphatic heterocycles. The van der Waals surface area contributed by atoms with Crippen molar-refractivity contribution in [2.75, 3.05) is 30.4 Å². The van der Waals surface area contributed by atoms with Crippen LogP contribution >= 0.6 is 0 Å². The van der Waals surface area contributed by atoms with Crippen LogP contribution in [0.1, 0.15) is 18.4 Å². The molecule has 76 valence electrons. The van der Waals surface area contributed by atoms with Crippen LogP contribution < -0.4 is 10.2 Å². The van der Waals surface area contributed by atoms with E-state index in [1.165, 1.54) is 42.9 Å². The van der Waals surface area contributed by atoms with E-state index in [4.69, 9.17) is 0 Å². The first kappa shape index (κ1) is 9.38. The molecule has 2 heteroatoms. The molecule has 0 unspecified atom stereocenters. The van der Waals surface area contributed by atoms with Crippen LogP contribution in [0.4, 0.5) is 11.4 Å². The third kappa shape index (κ3) is 1.69. The predicted octanol–water partition coefficient (Wildman–Crippen LogP) is 2.64. The summed E-state index contributed by atoms with van der Waals surface area (Å²) in [5, 5.41) is 3.19. The summed E-state index contributed by atoms with van der Waals surface area (Å²) < 4.78 is 0. The van der Waals surface area contributed by atoms with Gasteiger partial charge in [0.25, 0.3) is 0 Å². The van der Waals surface area contributed by atoms with Crippen molar-refractivity contribution in [2.45, 2.75) is 19.8 Å². The maximum absolute atomic E-state index is 3.19. The zero-order valence-electron chi connectivity index (χ0n) is 9.01. The van der Waals surface area contributed by atoms with Crippen LogP contribution in [0.3, 0.4) is 0 Å². The van der Waals surface area contributed by atoms with Gasteiger partial charge in [0.2, 0.25) is 0 Å². The summed E-state index contributed by atoms with van der Waals surface area (Å²) >= 11 is 0. The Kier molecular flexibility index (Phi) is 2.62. The van der Waals surface area contributed by atoms with Gasteiger partial charge in [0, 0.05) is 31.5 Å². The first-order valence-corrected chi connectivity index (χ1v) is 5.34. The molecule has 1 aromatic carbocycles. The fourth-order valence-corrected chi connectivity index (χ4v) is 2.06. The van der Waals surface area contributed by atoms with Crippen molar-refractivity contribution in [3.8, 4) is 0 Å². The predicted molar refractivity (Wildman–Crippen MR) is 62.2 cm³/mol. The van der Waals surface area contributed by atoms with Crippen molar-refractivity contribution in [1.82, 2.24) is 0 Å². The number of anilines is 2. The summed E-state index contributed by atoms with van der Waals surface area (Å²) in [4.78, 5) is 2.48. The smallest absolute Gasteiger partial charge is 0.0416 e. The third-order valence-corrected chi connectivity index (χ3v) is 2.94. The Morgan fingerprint density at radius 1 is 1.21 bits per heavy atom. The molecule has 0 radical (unpaired) electrons. The molecule has 0 spiro atoms. The lowest BCUT2D eigenvalue weighted by molar-refractivity contribution is 0.949. The van der Waals surface area contributed by atoms with E-state index < -0.39 is 0 Å². The maximum atomic E-state index is 3.19. The molecule has 1 aliphatic rings. The molecule has 0 aliphatic carbocycles. The average Bonchev–Trinajstić information content (AvgIpc) is 2.71. The zero-order valence-corrected chi connectivity index (χ0v) is 9.01. The normalized spacial score (nSPS) is 16.0. The standard InChI is InChI=1S/C12H18N2/c1-10-5-6-11(13-2)9-12(10)14-7-3-4-8-14/h5-6,9,13H,3-4,7-8H2,1-2H3. The minimum atomic E-state index is 1.21. The lowest BCUT2D eigenvalue weighted by atomic mass is 10.1. The molecule has 2 rings (SSSR count). The van der Waals surface area contributed by atoms with Gasteiger partial charge in [0.1, 0.15) is 0 Å². The van der Waals surface area contributed by atoms with Gasteiger partial charge in [-0.2, -0.15) is 0 Å². The molecular weight excluding hydrogens is 172 g/mol. The zero-order chi connectivity index (χ0) is 9.97. The van der Waals surface area contributed by atoms with E-state index in [9.17, 15) is 0 Å². The van der Waals surface area contributed by atoms with Gasteiger partial charge in [-0.1, -0.05) is 6.07 Å². The maximum Gasteiger partial charge on any atom is 0.0416 e. The van der Waals surface area contributed by atoms with Crippen molar-refractivity contribution < 1.29 is 0 Å². The Labute approximate surface area is 85.9 Å². The van der Waals surface area contributed by atoms with Crippen LogP contribution in [0.2, 0.25) is 0 Å². The van der Waals surface area contributed by atoms with Crippen molar-refractivity contribution in [3.05, 3.63) is 23.8 Å². The summed E-state index contributed by atoms with van der Waals surface area (Å²) in [5.74, 6) is 0. The summed E-state index contributed by atoms with van der Waals surface area (Å²) in [6.45, 7) is 4.62. The van der Waals surface area contributed by atoms with E-state index >= 15 is 0 Å². The van der Waals surface area contributed by atoms with E-state index in [0.29, 0.717) is 0 Å². The largest absolute Gasteiger partial charge is 0.388 e. The molecule has 0 aromatic heterocycles. The number of hydrogen-bond donors (Lipinski definition) is 1. The van der Waals surface area contributed by atoms with Gasteiger partial charge >= 0.3 is 0 Å². The molecule has 14 heavy (non-hydrogen) atoms. The molecule has 1 aromatic rings. The minimum Gasteiger partial charge on any atom is -0.388 e. The van der Waals surface area contributed by atoms with Crippen LogP contribution in [0, 0.1) is 6.92 Å². The van der Waals surface area contributed by atoms with Gasteiger partial charge in [-0.3, -0.25) is 0 Å². The molecule has 1 heterocycles. The minimum absolute atomic E-state index is 1.21. The van der Waals surface area contributed by atoms with Gasteiger partial charge in [-0.25, -0.2) is 0 Å². The van der Waals surface area contributed by atoms with Gasteiger partial charge in [-0.05, 0) is 37.5 Å². The van der Waals surface area contributed by atoms with Crippen LogP contribution in [-0.2, 0) is 0 Å². The van der Waals surface area contributed by atoms with Crippen molar-refractivity contribution in [1.29, 1.82) is 0 Å². The summed E-state index contributed by atoms with van der Waals surface area (Å²) in [7, 11) is 1.97. The molecule has 0 amide bonds. The highest BCUT2D eigenvalue weighted by Crippen LogP contribution is 2.26. The monoisotopic (exact) mass is 190 g/mol. The second-order valence-corrected chi connectivity index (χ2v) is 3.95. The van der Waals surface area contributed by atoms with Crippen LogP contribution in [0.25, 0.3) is 0 Å². The number of benzene rings is 1. The van der Waals surface area contributed by atoms with Gasteiger partial charge in [-0.15, -0.1) is 0 Å². The number of aryl methyl sites for hydroxylation is 1. The number of nitrogens with zero attached hydrogens (tertiary/aromatic N) is 1. The van der Waals surface area contributed by atoms with Gasteiger partial charge < -0.3 is 10.2 Å². The highest BCUT2D eigenvalue weighted by Gasteiger charge is 2.14. The quantitative estimate of drug-likeness (QED) is 0.771. The fraction of sp³-hybridized carbons (Fsp3) is 0.500. The van der Waals surface area contributed by atoms with Gasteiger partial charge in [0.05, 0.1) is 0 Å². The van der Waals surface area contributed by atoms with E-state index in [-0.39, 0.29) is 0 Å². The summed E-state index contributed by atoms with van der Waals surface area (Å²) in [6.07, 6.45) is 2.67. The molecule has 0 atom stereocenters. The summed E-state index contributed by atoms with van der Waals surface area (Å²) in [6, 6.07) is 6.58. The molecule has 1 saturated heterocycles. The van der Waals surface area contributed by atoms with Crippen molar-refractivity contribution >= 4 is 11.4 Å². The molecular formula is C12H18N2.